The topological polar surface area (TPSA) is 81.7 Å². The number of carbonyl (C=O) groups excluding carboxylic acids is 2. The van der Waals surface area contributed by atoms with E-state index >= 15 is 0 Å². The van der Waals surface area contributed by atoms with E-state index < -0.39 is 11.6 Å². The Balaban J connectivity index is 2.88. The van der Waals surface area contributed by atoms with Gasteiger partial charge in [0.15, 0.2) is 0 Å². The van der Waals surface area contributed by atoms with Crippen molar-refractivity contribution in [1.82, 2.24) is 0 Å². The number of hydrogen-bond donors (Lipinski definition) is 0. The number of carbonyl (C=O) groups is 2. The minimum absolute atomic E-state index is 0.161. The summed E-state index contributed by atoms with van der Waals surface area (Å²) in [5.74, 6) is -1.41. The number of nitrogens with zero attached hydrogens (tertiary/aromatic N) is 2. The average molecular weight is 410 g/mol. The summed E-state index contributed by atoms with van der Waals surface area (Å²) in [6.45, 7) is 0. The van der Waals surface area contributed by atoms with E-state index in [9.17, 15) is 9.59 Å². The van der Waals surface area contributed by atoms with Gasteiger partial charge in [-0.05, 0) is 23.5 Å². The van der Waals surface area contributed by atoms with Crippen molar-refractivity contribution >= 4 is 81.5 Å². The third-order valence-electron chi connectivity index (χ3n) is 2.64. The predicted octanol–water partition coefficient (Wildman–Crippen LogP) is 5.32. The third kappa shape index (κ3) is 2.61. The summed E-state index contributed by atoms with van der Waals surface area (Å²) < 4.78 is 0. The van der Waals surface area contributed by atoms with E-state index in [2.05, 4.69) is 0 Å². The molecule has 10 heteroatoms. The number of thioether (sulfide) groups is 2. The van der Waals surface area contributed by atoms with Crippen molar-refractivity contribution in [3.8, 4) is 10.8 Å². The minimum Gasteiger partial charge on any atom is -0.288 e. The van der Waals surface area contributed by atoms with Crippen LogP contribution in [-0.4, -0.2) is 11.6 Å². The van der Waals surface area contributed by atoms with Crippen molar-refractivity contribution in [3.63, 3.8) is 0 Å². The fraction of sp³-hybridized carbons (Fsp3) is 0. The van der Waals surface area contributed by atoms with Crippen LogP contribution in [0.1, 0.15) is 20.7 Å². The van der Waals surface area contributed by atoms with Crippen LogP contribution in [0.2, 0.25) is 20.1 Å². The van der Waals surface area contributed by atoms with Crippen molar-refractivity contribution in [3.05, 3.63) is 41.0 Å². The molecule has 0 saturated carbocycles. The Hall–Kier alpha value is -0.860. The van der Waals surface area contributed by atoms with Crippen LogP contribution in [0, 0.1) is 21.3 Å². The van der Waals surface area contributed by atoms with Gasteiger partial charge in [0.1, 0.15) is 10.8 Å². The Labute approximate surface area is 152 Å². The quantitative estimate of drug-likeness (QED) is 0.373. The lowest BCUT2D eigenvalue weighted by molar-refractivity contribution is 0.0988. The summed E-state index contributed by atoms with van der Waals surface area (Å²) in [5.41, 5.74) is -0.433. The highest BCUT2D eigenvalue weighted by Crippen LogP contribution is 2.47. The van der Waals surface area contributed by atoms with Gasteiger partial charge in [-0.2, -0.15) is 10.5 Å². The Morgan fingerprint density at radius 2 is 1.00 bits per heavy atom. The molecule has 0 saturated heterocycles. The maximum absolute atomic E-state index is 12.5. The summed E-state index contributed by atoms with van der Waals surface area (Å²) >= 11 is 24.7. The smallest absolute Gasteiger partial charge is 0.204 e. The minimum atomic E-state index is -0.704. The number of ketones is 2. The van der Waals surface area contributed by atoms with Crippen LogP contribution in [0.3, 0.4) is 0 Å². The molecule has 0 bridgehead atoms. The largest absolute Gasteiger partial charge is 0.288 e. The first-order valence-electron chi connectivity index (χ1n) is 5.18. The SMILES string of the molecule is N#CSC1=C(SC#N)C(=O)c2c(Cl)c(Cl)c(Cl)c(Cl)c2C1=O. The molecule has 22 heavy (non-hydrogen) atoms. The second kappa shape index (κ2) is 6.72. The molecular weight excluding hydrogens is 410 g/mol. The van der Waals surface area contributed by atoms with Gasteiger partial charge < -0.3 is 0 Å². The van der Waals surface area contributed by atoms with Gasteiger partial charge in [0.05, 0.1) is 41.0 Å². The molecule has 0 aliphatic heterocycles. The fourth-order valence-electron chi connectivity index (χ4n) is 1.77. The number of thiocyanates is 2. The van der Waals surface area contributed by atoms with Gasteiger partial charge in [-0.15, -0.1) is 0 Å². The predicted molar refractivity (Wildman–Crippen MR) is 88.6 cm³/mol. The second-order valence-electron chi connectivity index (χ2n) is 3.71. The molecule has 0 fully saturated rings. The molecule has 0 heterocycles. The lowest BCUT2D eigenvalue weighted by atomic mass is 9.94. The van der Waals surface area contributed by atoms with E-state index in [4.69, 9.17) is 56.9 Å². The molecule has 0 amide bonds. The van der Waals surface area contributed by atoms with Gasteiger partial charge in [-0.25, -0.2) is 0 Å². The molecular formula is C12Cl4N2O2S2. The number of nitriles is 2. The first kappa shape index (κ1) is 17.5. The molecule has 0 atom stereocenters. The van der Waals surface area contributed by atoms with E-state index in [0.717, 1.165) is 0 Å². The van der Waals surface area contributed by atoms with Crippen LogP contribution in [0.25, 0.3) is 0 Å². The molecule has 1 aromatic rings. The highest BCUT2D eigenvalue weighted by molar-refractivity contribution is 8.12. The van der Waals surface area contributed by atoms with Crippen LogP contribution >= 0.6 is 69.9 Å². The zero-order valence-corrected chi connectivity index (χ0v) is 14.7. The molecule has 4 nitrogen and oxygen atoms in total. The van der Waals surface area contributed by atoms with E-state index in [-0.39, 0.29) is 41.0 Å². The fourth-order valence-corrected chi connectivity index (χ4v) is 3.99. The van der Waals surface area contributed by atoms with Crippen molar-refractivity contribution < 1.29 is 9.59 Å². The number of allylic oxidation sites excluding steroid dienone is 2. The van der Waals surface area contributed by atoms with E-state index in [1.54, 1.807) is 10.8 Å². The standard InChI is InChI=1S/C12Cl4N2O2S2/c13-5-3-4(6(14)8(16)7(5)15)10(20)12(22-2-18)11(9(3)19)21-1-17. The zero-order valence-electron chi connectivity index (χ0n) is 10.0. The number of rotatable bonds is 2. The van der Waals surface area contributed by atoms with E-state index in [1.807, 2.05) is 0 Å². The zero-order chi connectivity index (χ0) is 16.6. The molecule has 0 aromatic heterocycles. The normalized spacial score (nSPS) is 13.7. The van der Waals surface area contributed by atoms with Crippen molar-refractivity contribution in [2.45, 2.75) is 0 Å². The molecule has 0 N–H and O–H groups in total. The third-order valence-corrected chi connectivity index (χ3v) is 5.94. The van der Waals surface area contributed by atoms with Crippen molar-refractivity contribution in [2.75, 3.05) is 0 Å². The maximum atomic E-state index is 12.5. The first-order chi connectivity index (χ1) is 10.4. The number of Topliss-reactive ketones (excluding diaryl/α,β-unsaturated/α-hetero) is 2. The van der Waals surface area contributed by atoms with Crippen molar-refractivity contribution in [2.24, 2.45) is 0 Å². The number of halogens is 4. The molecule has 0 unspecified atom stereocenters. The summed E-state index contributed by atoms with van der Waals surface area (Å²) in [5, 5.41) is 20.2. The number of hydrogen-bond acceptors (Lipinski definition) is 6. The van der Waals surface area contributed by atoms with Crippen LogP contribution in [0.5, 0.6) is 0 Å². The molecule has 1 aliphatic rings. The van der Waals surface area contributed by atoms with Gasteiger partial charge in [-0.1, -0.05) is 46.4 Å². The molecule has 2 rings (SSSR count). The maximum Gasteiger partial charge on any atom is 0.204 e. The molecule has 0 radical (unpaired) electrons. The van der Waals surface area contributed by atoms with Crippen LogP contribution < -0.4 is 0 Å². The van der Waals surface area contributed by atoms with Gasteiger partial charge in [0.2, 0.25) is 11.6 Å². The summed E-state index contributed by atoms with van der Waals surface area (Å²) in [7, 11) is 0. The highest BCUT2D eigenvalue weighted by Gasteiger charge is 2.38. The Bertz CT molecular complexity index is 783. The Morgan fingerprint density at radius 1 is 0.682 bits per heavy atom. The molecule has 1 aliphatic carbocycles. The van der Waals surface area contributed by atoms with Crippen LogP contribution in [0.15, 0.2) is 9.81 Å². The monoisotopic (exact) mass is 408 g/mol. The lowest BCUT2D eigenvalue weighted by Gasteiger charge is -2.20. The number of fused-ring (bicyclic) bond motifs is 1. The summed E-state index contributed by atoms with van der Waals surface area (Å²) in [6.07, 6.45) is 0. The molecule has 110 valence electrons. The van der Waals surface area contributed by atoms with E-state index in [0.29, 0.717) is 23.5 Å². The van der Waals surface area contributed by atoms with Gasteiger partial charge in [0, 0.05) is 0 Å². The highest BCUT2D eigenvalue weighted by atomic mass is 35.5. The lowest BCUT2D eigenvalue weighted by Crippen LogP contribution is -2.21. The Kier molecular flexibility index (Phi) is 5.34. The number of benzene rings is 1. The summed E-state index contributed by atoms with van der Waals surface area (Å²) in [6, 6.07) is 0. The molecule has 0 spiro atoms. The van der Waals surface area contributed by atoms with Gasteiger partial charge >= 0.3 is 0 Å². The van der Waals surface area contributed by atoms with Crippen LogP contribution in [0.4, 0.5) is 0 Å². The van der Waals surface area contributed by atoms with Gasteiger partial charge in [0.25, 0.3) is 0 Å². The average Bonchev–Trinajstić information content (AvgIpc) is 2.49. The second-order valence-corrected chi connectivity index (χ2v) is 6.81. The first-order valence-corrected chi connectivity index (χ1v) is 8.32. The van der Waals surface area contributed by atoms with Gasteiger partial charge in [-0.3, -0.25) is 9.59 Å². The van der Waals surface area contributed by atoms with E-state index in [1.165, 1.54) is 0 Å². The summed E-state index contributed by atoms with van der Waals surface area (Å²) in [4.78, 5) is 24.7. The Morgan fingerprint density at radius 3 is 1.27 bits per heavy atom. The molecule has 1 aromatic carbocycles. The van der Waals surface area contributed by atoms with Crippen LogP contribution in [-0.2, 0) is 0 Å². The van der Waals surface area contributed by atoms with Crippen molar-refractivity contribution in [1.29, 1.82) is 10.5 Å².